The molecule has 0 spiro atoms. The van der Waals surface area contributed by atoms with Gasteiger partial charge < -0.3 is 15.4 Å². The van der Waals surface area contributed by atoms with Crippen LogP contribution in [-0.2, 0) is 16.1 Å². The Kier molecular flexibility index (Phi) is 7.40. The van der Waals surface area contributed by atoms with E-state index in [1.54, 1.807) is 18.2 Å². The van der Waals surface area contributed by atoms with Crippen molar-refractivity contribution in [1.29, 1.82) is 0 Å². The van der Waals surface area contributed by atoms with Crippen LogP contribution in [0.2, 0.25) is 5.02 Å². The van der Waals surface area contributed by atoms with Crippen LogP contribution < -0.4 is 20.7 Å². The highest BCUT2D eigenvalue weighted by Crippen LogP contribution is 2.30. The lowest BCUT2D eigenvalue weighted by Crippen LogP contribution is -2.46. The Hall–Kier alpha value is -2.78. The summed E-state index contributed by atoms with van der Waals surface area (Å²) in [6.45, 7) is 0.998. The molecule has 7 nitrogen and oxygen atoms in total. The summed E-state index contributed by atoms with van der Waals surface area (Å²) in [5, 5.41) is 9.45. The quantitative estimate of drug-likeness (QED) is 0.598. The predicted molar refractivity (Wildman–Crippen MR) is 110 cm³/mol. The predicted octanol–water partition coefficient (Wildman–Crippen LogP) is 3.46. The number of nitrogens with one attached hydrogen (secondary N) is 3. The van der Waals surface area contributed by atoms with Crippen LogP contribution in [0.3, 0.4) is 0 Å². The number of carbonyl (C=O) groups excluding carboxylic acids is 2. The third kappa shape index (κ3) is 6.11. The van der Waals surface area contributed by atoms with Gasteiger partial charge in [-0.2, -0.15) is 8.78 Å². The molecule has 2 unspecified atom stereocenters. The number of amides is 2. The highest BCUT2D eigenvalue weighted by Gasteiger charge is 2.29. The molecule has 0 saturated carbocycles. The van der Waals surface area contributed by atoms with E-state index < -0.39 is 18.8 Å². The van der Waals surface area contributed by atoms with E-state index in [-0.39, 0.29) is 30.0 Å². The van der Waals surface area contributed by atoms with Crippen molar-refractivity contribution in [3.63, 3.8) is 0 Å². The summed E-state index contributed by atoms with van der Waals surface area (Å²) in [6, 6.07) is 7.85. The second kappa shape index (κ2) is 10.0. The molecule has 0 aliphatic carbocycles. The number of benzene rings is 1. The highest BCUT2D eigenvalue weighted by atomic mass is 35.5. The molecule has 1 fully saturated rings. The number of halogens is 3. The number of ether oxygens (including phenoxy) is 1. The van der Waals surface area contributed by atoms with E-state index in [1.165, 1.54) is 12.3 Å². The molecule has 10 heteroatoms. The minimum Gasteiger partial charge on any atom is -0.417 e. The zero-order chi connectivity index (χ0) is 22.5. The van der Waals surface area contributed by atoms with Crippen LogP contribution in [0, 0.1) is 5.92 Å². The number of hydrogen-bond acceptors (Lipinski definition) is 5. The van der Waals surface area contributed by atoms with Crippen molar-refractivity contribution in [1.82, 2.24) is 20.9 Å². The molecular weight excluding hydrogens is 430 g/mol. The van der Waals surface area contributed by atoms with Crippen molar-refractivity contribution >= 4 is 23.4 Å². The van der Waals surface area contributed by atoms with Crippen LogP contribution in [-0.4, -0.2) is 23.4 Å². The van der Waals surface area contributed by atoms with E-state index in [0.29, 0.717) is 22.7 Å². The molecule has 31 heavy (non-hydrogen) atoms. The van der Waals surface area contributed by atoms with Crippen molar-refractivity contribution in [2.45, 2.75) is 45.6 Å². The summed E-state index contributed by atoms with van der Waals surface area (Å²) in [5.74, 6) is -0.587. The van der Waals surface area contributed by atoms with E-state index in [2.05, 4.69) is 25.7 Å². The van der Waals surface area contributed by atoms with Crippen LogP contribution in [0.5, 0.6) is 5.88 Å². The molecule has 1 aliphatic rings. The zero-order valence-electron chi connectivity index (χ0n) is 17.0. The maximum atomic E-state index is 12.3. The second-order valence-electron chi connectivity index (χ2n) is 7.46. The van der Waals surface area contributed by atoms with Gasteiger partial charge >= 0.3 is 6.61 Å². The van der Waals surface area contributed by atoms with Crippen LogP contribution in [0.4, 0.5) is 8.78 Å². The largest absolute Gasteiger partial charge is 0.417 e. The molecule has 3 N–H and O–H groups in total. The van der Waals surface area contributed by atoms with Gasteiger partial charge in [0.05, 0.1) is 0 Å². The first kappa shape index (κ1) is 22.9. The van der Waals surface area contributed by atoms with Gasteiger partial charge in [0.1, 0.15) is 6.17 Å². The fourth-order valence-corrected chi connectivity index (χ4v) is 3.39. The molecule has 3 rings (SSSR count). The lowest BCUT2D eigenvalue weighted by Gasteiger charge is -2.32. The summed E-state index contributed by atoms with van der Waals surface area (Å²) in [4.78, 5) is 28.0. The summed E-state index contributed by atoms with van der Waals surface area (Å²) in [6.07, 6.45) is 0.968. The molecule has 2 heterocycles. The summed E-state index contributed by atoms with van der Waals surface area (Å²) < 4.78 is 28.9. The van der Waals surface area contributed by atoms with Crippen LogP contribution in [0.1, 0.15) is 49.2 Å². The summed E-state index contributed by atoms with van der Waals surface area (Å²) in [5.41, 5.74) is 2.14. The molecule has 2 atom stereocenters. The van der Waals surface area contributed by atoms with Gasteiger partial charge in [-0.05, 0) is 23.3 Å². The first-order valence-corrected chi connectivity index (χ1v) is 10.1. The average Bonchev–Trinajstić information content (AvgIpc) is 2.72. The Labute approximate surface area is 183 Å². The fraction of sp³-hybridized carbons (Fsp3) is 0.381. The van der Waals surface area contributed by atoms with Crippen molar-refractivity contribution in [2.75, 3.05) is 0 Å². The number of aromatic nitrogens is 1. The minimum atomic E-state index is -2.96. The lowest BCUT2D eigenvalue weighted by molar-refractivity contribution is -0.125. The number of rotatable bonds is 7. The lowest BCUT2D eigenvalue weighted by atomic mass is 9.99. The smallest absolute Gasteiger partial charge is 0.388 e. The van der Waals surface area contributed by atoms with Crippen LogP contribution in [0.25, 0.3) is 0 Å². The van der Waals surface area contributed by atoms with Crippen molar-refractivity contribution in [2.24, 2.45) is 5.92 Å². The molecule has 1 saturated heterocycles. The summed E-state index contributed by atoms with van der Waals surface area (Å²) in [7, 11) is 0. The Morgan fingerprint density at radius 1 is 1.32 bits per heavy atom. The third-order valence-electron chi connectivity index (χ3n) is 4.80. The van der Waals surface area contributed by atoms with E-state index in [1.807, 2.05) is 19.9 Å². The van der Waals surface area contributed by atoms with E-state index in [4.69, 9.17) is 11.6 Å². The van der Waals surface area contributed by atoms with Gasteiger partial charge in [0, 0.05) is 47.8 Å². The van der Waals surface area contributed by atoms with Gasteiger partial charge in [0.2, 0.25) is 17.7 Å². The Balaban J connectivity index is 1.75. The number of pyridine rings is 1. The monoisotopic (exact) mass is 452 g/mol. The molecule has 1 aromatic heterocycles. The molecule has 0 radical (unpaired) electrons. The third-order valence-corrected chi connectivity index (χ3v) is 5.14. The molecule has 166 valence electrons. The SMILES string of the molecule is CC(C)C(=O)NCc1ccc(Cl)c(C2NC(=O)CC(c3ccc(OC(F)F)nc3)N2)c1. The standard InChI is InChI=1S/C21H23ClF2N4O3/c1-11(2)20(30)26-9-12-3-5-15(22)14(7-12)19-27-16(8-17(29)28-19)13-4-6-18(25-10-13)31-21(23)24/h3-7,10-11,16,19,21,27H,8-9H2,1-2H3,(H,26,30)(H,28,29). The Bertz CT molecular complexity index is 941. The van der Waals surface area contributed by atoms with Gasteiger partial charge in [-0.25, -0.2) is 4.98 Å². The van der Waals surface area contributed by atoms with Crippen LogP contribution >= 0.6 is 11.6 Å². The van der Waals surface area contributed by atoms with Crippen molar-refractivity contribution < 1.29 is 23.1 Å². The first-order valence-electron chi connectivity index (χ1n) is 9.75. The van der Waals surface area contributed by atoms with E-state index in [0.717, 1.165) is 5.56 Å². The van der Waals surface area contributed by atoms with Gasteiger partial charge in [-0.1, -0.05) is 37.6 Å². The number of nitrogens with zero attached hydrogens (tertiary/aromatic N) is 1. The molecule has 2 amide bonds. The minimum absolute atomic E-state index is 0.0626. The molecule has 2 aromatic rings. The van der Waals surface area contributed by atoms with Gasteiger partial charge in [0.25, 0.3) is 0 Å². The maximum Gasteiger partial charge on any atom is 0.388 e. The Morgan fingerprint density at radius 2 is 2.10 bits per heavy atom. The Morgan fingerprint density at radius 3 is 2.74 bits per heavy atom. The van der Waals surface area contributed by atoms with Crippen molar-refractivity contribution in [3.05, 3.63) is 58.2 Å². The van der Waals surface area contributed by atoms with E-state index in [9.17, 15) is 18.4 Å². The molecule has 1 aromatic carbocycles. The number of hydrogen-bond donors (Lipinski definition) is 3. The first-order chi connectivity index (χ1) is 14.7. The second-order valence-corrected chi connectivity index (χ2v) is 7.87. The molecule has 0 bridgehead atoms. The number of carbonyl (C=O) groups is 2. The fourth-order valence-electron chi connectivity index (χ4n) is 3.17. The zero-order valence-corrected chi connectivity index (χ0v) is 17.7. The van der Waals surface area contributed by atoms with Gasteiger partial charge in [-0.15, -0.1) is 0 Å². The van der Waals surface area contributed by atoms with Gasteiger partial charge in [0.15, 0.2) is 0 Å². The highest BCUT2D eigenvalue weighted by molar-refractivity contribution is 6.31. The van der Waals surface area contributed by atoms with Gasteiger partial charge in [-0.3, -0.25) is 14.9 Å². The topological polar surface area (TPSA) is 92.4 Å². The normalized spacial score (nSPS) is 18.7. The average molecular weight is 453 g/mol. The summed E-state index contributed by atoms with van der Waals surface area (Å²) >= 11 is 6.37. The maximum absolute atomic E-state index is 12.3. The number of alkyl halides is 2. The molecular formula is C21H23ClF2N4O3. The van der Waals surface area contributed by atoms with Crippen LogP contribution in [0.15, 0.2) is 36.5 Å². The van der Waals surface area contributed by atoms with E-state index >= 15 is 0 Å². The van der Waals surface area contributed by atoms with Crippen molar-refractivity contribution in [3.8, 4) is 5.88 Å². The molecule has 1 aliphatic heterocycles.